The van der Waals surface area contributed by atoms with Crippen LogP contribution < -0.4 is 10.4 Å². The van der Waals surface area contributed by atoms with Crippen LogP contribution in [-0.2, 0) is 25.2 Å². The van der Waals surface area contributed by atoms with E-state index in [2.05, 4.69) is 112 Å². The molecule has 5 heteroatoms. The highest BCUT2D eigenvalue weighted by atomic mass is 28.4. The lowest BCUT2D eigenvalue weighted by atomic mass is 9.95. The van der Waals surface area contributed by atoms with Crippen LogP contribution >= 0.6 is 0 Å². The van der Waals surface area contributed by atoms with Crippen molar-refractivity contribution in [2.24, 2.45) is 0 Å². The van der Waals surface area contributed by atoms with E-state index in [0.717, 1.165) is 25.7 Å². The van der Waals surface area contributed by atoms with E-state index < -0.39 is 8.32 Å². The fourth-order valence-corrected chi connectivity index (χ4v) is 10.4. The second-order valence-electron chi connectivity index (χ2n) is 11.8. The molecule has 0 spiro atoms. The smallest absolute Gasteiger partial charge is 0.261 e. The van der Waals surface area contributed by atoms with Gasteiger partial charge in [-0.2, -0.15) is 0 Å². The van der Waals surface area contributed by atoms with Crippen LogP contribution in [0.4, 0.5) is 0 Å². The van der Waals surface area contributed by atoms with Crippen molar-refractivity contribution in [3.63, 3.8) is 0 Å². The molecule has 0 aliphatic heterocycles. The molecule has 1 aliphatic carbocycles. The molecular weight excluding hydrogens is 512 g/mol. The highest BCUT2D eigenvalue weighted by Gasteiger charge is 2.50. The van der Waals surface area contributed by atoms with E-state index in [1.165, 1.54) is 15.9 Å². The molecular formula is C35H46O4Si. The van der Waals surface area contributed by atoms with E-state index in [4.69, 9.17) is 18.6 Å². The quantitative estimate of drug-likeness (QED) is 0.163. The van der Waals surface area contributed by atoms with Gasteiger partial charge in [-0.05, 0) is 46.7 Å². The lowest BCUT2D eigenvalue weighted by Crippen LogP contribution is -2.67. The Hall–Kier alpha value is -2.54. The van der Waals surface area contributed by atoms with Gasteiger partial charge in [0.2, 0.25) is 0 Å². The van der Waals surface area contributed by atoms with Gasteiger partial charge in [-0.1, -0.05) is 118 Å². The van der Waals surface area contributed by atoms with Crippen molar-refractivity contribution in [2.75, 3.05) is 19.8 Å². The summed E-state index contributed by atoms with van der Waals surface area (Å²) in [5, 5.41) is 2.44. The minimum atomic E-state index is -2.66. The highest BCUT2D eigenvalue weighted by molar-refractivity contribution is 6.99. The standard InChI is InChI=1S/C35H46O4Si/c1-5-24-36-32(27-38-31-19-15-18-30(25-31)37-26-29-16-9-6-10-17-29)28-39-40(35(2,3)4,33-20-11-7-12-21-33)34-22-13-8-14-23-34/h5-14,16-17,20-23,30-32H,1,15,18-19,24-28H2,2-4H3/t30-,31+,32?/m1/s1. The maximum Gasteiger partial charge on any atom is 0.261 e. The summed E-state index contributed by atoms with van der Waals surface area (Å²) in [4.78, 5) is 0. The molecule has 0 heterocycles. The molecule has 0 radical (unpaired) electrons. The van der Waals surface area contributed by atoms with Crippen molar-refractivity contribution >= 4 is 18.7 Å². The SMILES string of the molecule is C=CCOC(CO[C@H]1CCC[C@@H](OCc2ccccc2)C1)CO[Si](c1ccccc1)(c1ccccc1)C(C)(C)C. The minimum Gasteiger partial charge on any atom is -0.405 e. The normalized spacial score (nSPS) is 18.8. The van der Waals surface area contributed by atoms with Gasteiger partial charge in [0.1, 0.15) is 6.10 Å². The van der Waals surface area contributed by atoms with E-state index in [1.54, 1.807) is 6.08 Å². The van der Waals surface area contributed by atoms with Crippen LogP contribution in [0.1, 0.15) is 52.0 Å². The molecule has 1 saturated carbocycles. The number of ether oxygens (including phenoxy) is 3. The summed E-state index contributed by atoms with van der Waals surface area (Å²) in [6.07, 6.45) is 6.15. The van der Waals surface area contributed by atoms with Gasteiger partial charge < -0.3 is 18.6 Å². The zero-order chi connectivity index (χ0) is 28.3. The van der Waals surface area contributed by atoms with Gasteiger partial charge in [0.05, 0.1) is 38.6 Å². The van der Waals surface area contributed by atoms with Crippen LogP contribution in [0.5, 0.6) is 0 Å². The van der Waals surface area contributed by atoms with Gasteiger partial charge in [0.25, 0.3) is 8.32 Å². The number of hydrogen-bond donors (Lipinski definition) is 0. The number of rotatable bonds is 14. The first-order valence-electron chi connectivity index (χ1n) is 14.7. The van der Waals surface area contributed by atoms with E-state index in [-0.39, 0.29) is 23.4 Å². The second-order valence-corrected chi connectivity index (χ2v) is 16.1. The van der Waals surface area contributed by atoms with E-state index in [9.17, 15) is 0 Å². The zero-order valence-electron chi connectivity index (χ0n) is 24.5. The summed E-state index contributed by atoms with van der Waals surface area (Å²) in [6, 6.07) is 31.9. The molecule has 1 unspecified atom stereocenters. The van der Waals surface area contributed by atoms with Gasteiger partial charge in [0, 0.05) is 0 Å². The molecule has 0 aromatic heterocycles. The Kier molecular flexibility index (Phi) is 11.3. The molecule has 3 atom stereocenters. The van der Waals surface area contributed by atoms with Gasteiger partial charge in [-0.3, -0.25) is 0 Å². The molecule has 40 heavy (non-hydrogen) atoms. The molecule has 4 rings (SSSR count). The summed E-state index contributed by atoms with van der Waals surface area (Å²) < 4.78 is 26.1. The van der Waals surface area contributed by atoms with E-state index in [1.807, 2.05) is 6.07 Å². The predicted octanol–water partition coefficient (Wildman–Crippen LogP) is 6.68. The van der Waals surface area contributed by atoms with Crippen molar-refractivity contribution in [3.05, 3.63) is 109 Å². The molecule has 1 aliphatic rings. The van der Waals surface area contributed by atoms with Crippen molar-refractivity contribution in [1.82, 2.24) is 0 Å². The maximum absolute atomic E-state index is 7.15. The van der Waals surface area contributed by atoms with Crippen molar-refractivity contribution in [2.45, 2.75) is 76.4 Å². The van der Waals surface area contributed by atoms with E-state index in [0.29, 0.717) is 26.4 Å². The Morgan fingerprint density at radius 3 is 1.90 bits per heavy atom. The van der Waals surface area contributed by atoms with Crippen molar-refractivity contribution in [1.29, 1.82) is 0 Å². The number of benzene rings is 3. The van der Waals surface area contributed by atoms with Crippen LogP contribution in [0, 0.1) is 0 Å². The van der Waals surface area contributed by atoms with Crippen LogP contribution in [-0.4, -0.2) is 46.4 Å². The molecule has 214 valence electrons. The fraction of sp³-hybridized carbons (Fsp3) is 0.429. The summed E-state index contributed by atoms with van der Waals surface area (Å²) in [7, 11) is -2.66. The lowest BCUT2D eigenvalue weighted by molar-refractivity contribution is -0.0872. The summed E-state index contributed by atoms with van der Waals surface area (Å²) in [5.41, 5.74) is 1.21. The van der Waals surface area contributed by atoms with Crippen molar-refractivity contribution < 1.29 is 18.6 Å². The lowest BCUT2D eigenvalue weighted by Gasteiger charge is -2.43. The molecule has 0 saturated heterocycles. The van der Waals surface area contributed by atoms with Crippen LogP contribution in [0.25, 0.3) is 0 Å². The monoisotopic (exact) mass is 558 g/mol. The predicted molar refractivity (Wildman–Crippen MR) is 167 cm³/mol. The van der Waals surface area contributed by atoms with Gasteiger partial charge in [-0.25, -0.2) is 0 Å². The Bertz CT molecular complexity index is 1090. The Morgan fingerprint density at radius 2 is 1.35 bits per heavy atom. The minimum absolute atomic E-state index is 0.0910. The molecule has 3 aromatic rings. The summed E-state index contributed by atoms with van der Waals surface area (Å²) >= 11 is 0. The fourth-order valence-electron chi connectivity index (χ4n) is 5.76. The second kappa shape index (κ2) is 14.9. The first kappa shape index (κ1) is 30.4. The van der Waals surface area contributed by atoms with Gasteiger partial charge in [0.15, 0.2) is 0 Å². The average Bonchev–Trinajstić information content (AvgIpc) is 2.98. The Balaban J connectivity index is 1.44. The average molecular weight is 559 g/mol. The molecule has 0 amide bonds. The van der Waals surface area contributed by atoms with Gasteiger partial charge in [-0.15, -0.1) is 6.58 Å². The third-order valence-corrected chi connectivity index (χ3v) is 12.8. The molecule has 0 bridgehead atoms. The first-order chi connectivity index (χ1) is 19.4. The molecule has 1 fully saturated rings. The third kappa shape index (κ3) is 8.02. The Morgan fingerprint density at radius 1 is 0.800 bits per heavy atom. The van der Waals surface area contributed by atoms with E-state index >= 15 is 0 Å². The van der Waals surface area contributed by atoms with Crippen molar-refractivity contribution in [3.8, 4) is 0 Å². The van der Waals surface area contributed by atoms with Gasteiger partial charge >= 0.3 is 0 Å². The largest absolute Gasteiger partial charge is 0.405 e. The zero-order valence-corrected chi connectivity index (χ0v) is 25.5. The maximum atomic E-state index is 7.15. The first-order valence-corrected chi connectivity index (χ1v) is 16.6. The summed E-state index contributed by atoms with van der Waals surface area (Å²) in [5.74, 6) is 0. The van der Waals surface area contributed by atoms with Crippen LogP contribution in [0.2, 0.25) is 5.04 Å². The third-order valence-electron chi connectivity index (χ3n) is 7.78. The number of hydrogen-bond acceptors (Lipinski definition) is 4. The van der Waals surface area contributed by atoms with Crippen LogP contribution in [0.15, 0.2) is 104 Å². The topological polar surface area (TPSA) is 36.9 Å². The Labute approximate surface area is 242 Å². The highest BCUT2D eigenvalue weighted by Crippen LogP contribution is 2.37. The molecule has 4 nitrogen and oxygen atoms in total. The molecule has 0 N–H and O–H groups in total. The van der Waals surface area contributed by atoms with Crippen LogP contribution in [0.3, 0.4) is 0 Å². The summed E-state index contributed by atoms with van der Waals surface area (Å²) in [6.45, 7) is 12.8. The molecule has 3 aromatic carbocycles.